The molecule has 0 radical (unpaired) electrons. The second kappa shape index (κ2) is 8.39. The lowest BCUT2D eigenvalue weighted by Gasteiger charge is -2.28. The number of sulfonamides is 1. The van der Waals surface area contributed by atoms with Crippen LogP contribution in [0.2, 0.25) is 5.02 Å². The van der Waals surface area contributed by atoms with Gasteiger partial charge in [0.2, 0.25) is 15.9 Å². The summed E-state index contributed by atoms with van der Waals surface area (Å²) >= 11 is 5.82. The molecule has 22 heavy (non-hydrogen) atoms. The molecule has 1 aromatic rings. The average molecular weight is 347 g/mol. The number of carbonyl (C=O) groups excluding carboxylic acids is 1. The molecule has 0 fully saturated rings. The van der Waals surface area contributed by atoms with Crippen LogP contribution in [0.15, 0.2) is 24.3 Å². The molecule has 124 valence electrons. The van der Waals surface area contributed by atoms with Crippen LogP contribution in [0, 0.1) is 0 Å². The second-order valence-corrected chi connectivity index (χ2v) is 7.51. The van der Waals surface area contributed by atoms with E-state index in [9.17, 15) is 13.2 Å². The van der Waals surface area contributed by atoms with E-state index in [0.29, 0.717) is 17.3 Å². The fraction of sp³-hybridized carbons (Fsp3) is 0.533. The summed E-state index contributed by atoms with van der Waals surface area (Å²) < 4.78 is 25.2. The first-order chi connectivity index (χ1) is 10.3. The number of hydrogen-bond donors (Lipinski definition) is 1. The maximum atomic E-state index is 12.2. The summed E-state index contributed by atoms with van der Waals surface area (Å²) in [6, 6.07) is 5.55. The van der Waals surface area contributed by atoms with Crippen molar-refractivity contribution in [3.05, 3.63) is 29.3 Å². The number of benzene rings is 1. The number of rotatable bonds is 8. The van der Waals surface area contributed by atoms with E-state index in [4.69, 9.17) is 11.6 Å². The zero-order valence-electron chi connectivity index (χ0n) is 13.2. The van der Waals surface area contributed by atoms with E-state index in [2.05, 4.69) is 12.2 Å². The SMILES string of the molecule is CCCCCNC(=O)[C@@H](C)N(c1ccc(Cl)cc1)S(C)(=O)=O. The lowest BCUT2D eigenvalue weighted by Crippen LogP contribution is -2.48. The molecule has 0 heterocycles. The average Bonchev–Trinajstić information content (AvgIpc) is 2.44. The molecule has 1 amide bonds. The van der Waals surface area contributed by atoms with E-state index in [0.717, 1.165) is 29.8 Å². The fourth-order valence-electron chi connectivity index (χ4n) is 2.13. The molecule has 1 N–H and O–H groups in total. The van der Waals surface area contributed by atoms with Crippen LogP contribution in [0.1, 0.15) is 33.1 Å². The Hall–Kier alpha value is -1.27. The molecular formula is C15H23ClN2O3S. The van der Waals surface area contributed by atoms with Gasteiger partial charge in [0, 0.05) is 11.6 Å². The van der Waals surface area contributed by atoms with Gasteiger partial charge in [-0.15, -0.1) is 0 Å². The number of nitrogens with one attached hydrogen (secondary N) is 1. The molecule has 0 aliphatic carbocycles. The van der Waals surface area contributed by atoms with Crippen LogP contribution in [0.5, 0.6) is 0 Å². The van der Waals surface area contributed by atoms with Gasteiger partial charge in [-0.3, -0.25) is 9.10 Å². The number of halogens is 1. The van der Waals surface area contributed by atoms with Gasteiger partial charge in [0.15, 0.2) is 0 Å². The summed E-state index contributed by atoms with van der Waals surface area (Å²) in [6.07, 6.45) is 4.06. The van der Waals surface area contributed by atoms with Crippen molar-refractivity contribution in [3.8, 4) is 0 Å². The summed E-state index contributed by atoms with van der Waals surface area (Å²) in [5.74, 6) is -0.309. The summed E-state index contributed by atoms with van der Waals surface area (Å²) in [5, 5.41) is 3.29. The number of hydrogen-bond acceptors (Lipinski definition) is 3. The molecule has 5 nitrogen and oxygen atoms in total. The highest BCUT2D eigenvalue weighted by atomic mass is 35.5. The van der Waals surface area contributed by atoms with E-state index in [1.54, 1.807) is 31.2 Å². The van der Waals surface area contributed by atoms with Crippen molar-refractivity contribution >= 4 is 33.2 Å². The van der Waals surface area contributed by atoms with E-state index in [1.807, 2.05) is 0 Å². The molecule has 0 saturated carbocycles. The molecule has 0 aromatic heterocycles. The molecule has 0 unspecified atom stereocenters. The van der Waals surface area contributed by atoms with Crippen LogP contribution in [0.25, 0.3) is 0 Å². The fourth-order valence-corrected chi connectivity index (χ4v) is 3.43. The predicted octanol–water partition coefficient (Wildman–Crippen LogP) is 2.80. The van der Waals surface area contributed by atoms with Crippen LogP contribution in [0.4, 0.5) is 5.69 Å². The normalized spacial score (nSPS) is 12.7. The van der Waals surface area contributed by atoms with Crippen LogP contribution in [-0.4, -0.2) is 33.2 Å². The standard InChI is InChI=1S/C15H23ClN2O3S/c1-4-5-6-11-17-15(19)12(2)18(22(3,20)21)14-9-7-13(16)8-10-14/h7-10,12H,4-6,11H2,1-3H3,(H,17,19)/t12-/m1/s1. The Bertz CT molecular complexity index is 587. The smallest absolute Gasteiger partial charge is 0.243 e. The highest BCUT2D eigenvalue weighted by Gasteiger charge is 2.28. The summed E-state index contributed by atoms with van der Waals surface area (Å²) in [5.41, 5.74) is 0.420. The van der Waals surface area contributed by atoms with Crippen molar-refractivity contribution < 1.29 is 13.2 Å². The molecule has 7 heteroatoms. The highest BCUT2D eigenvalue weighted by Crippen LogP contribution is 2.22. The zero-order valence-corrected chi connectivity index (χ0v) is 14.7. The van der Waals surface area contributed by atoms with Crippen LogP contribution in [-0.2, 0) is 14.8 Å². The topological polar surface area (TPSA) is 66.5 Å². The Morgan fingerprint density at radius 2 is 1.86 bits per heavy atom. The van der Waals surface area contributed by atoms with Crippen molar-refractivity contribution in [1.82, 2.24) is 5.32 Å². The summed E-state index contributed by atoms with van der Waals surface area (Å²) in [7, 11) is -3.58. The van der Waals surface area contributed by atoms with Crippen LogP contribution in [0.3, 0.4) is 0 Å². The quantitative estimate of drug-likeness (QED) is 0.736. The molecule has 0 spiro atoms. The Balaban J connectivity index is 2.88. The van der Waals surface area contributed by atoms with Crippen molar-refractivity contribution in [1.29, 1.82) is 0 Å². The summed E-state index contributed by atoms with van der Waals surface area (Å²) in [6.45, 7) is 4.20. The third kappa shape index (κ3) is 5.50. The molecule has 0 bridgehead atoms. The summed E-state index contributed by atoms with van der Waals surface area (Å²) in [4.78, 5) is 12.2. The van der Waals surface area contributed by atoms with Crippen molar-refractivity contribution in [2.75, 3.05) is 17.1 Å². The Kier molecular flexibility index (Phi) is 7.16. The lowest BCUT2D eigenvalue weighted by atomic mass is 10.2. The van der Waals surface area contributed by atoms with Gasteiger partial charge in [-0.1, -0.05) is 31.4 Å². The Labute approximate surface area is 137 Å². The van der Waals surface area contributed by atoms with Gasteiger partial charge in [0.25, 0.3) is 0 Å². The second-order valence-electron chi connectivity index (χ2n) is 5.21. The van der Waals surface area contributed by atoms with Gasteiger partial charge >= 0.3 is 0 Å². The monoisotopic (exact) mass is 346 g/mol. The molecule has 1 aromatic carbocycles. The minimum Gasteiger partial charge on any atom is -0.354 e. The minimum absolute atomic E-state index is 0.309. The molecule has 1 rings (SSSR count). The Morgan fingerprint density at radius 3 is 2.36 bits per heavy atom. The molecule has 0 aliphatic heterocycles. The van der Waals surface area contributed by atoms with E-state index in [-0.39, 0.29) is 5.91 Å². The molecule has 0 saturated heterocycles. The number of anilines is 1. The van der Waals surface area contributed by atoms with Gasteiger partial charge < -0.3 is 5.32 Å². The molecule has 1 atom stereocenters. The van der Waals surface area contributed by atoms with Crippen LogP contribution < -0.4 is 9.62 Å². The first kappa shape index (κ1) is 18.8. The predicted molar refractivity (Wildman–Crippen MR) is 90.8 cm³/mol. The van der Waals surface area contributed by atoms with Gasteiger partial charge in [0.05, 0.1) is 11.9 Å². The lowest BCUT2D eigenvalue weighted by molar-refractivity contribution is -0.121. The first-order valence-corrected chi connectivity index (χ1v) is 9.52. The molecule has 0 aliphatic rings. The maximum Gasteiger partial charge on any atom is 0.243 e. The van der Waals surface area contributed by atoms with E-state index < -0.39 is 16.1 Å². The number of unbranched alkanes of at least 4 members (excludes halogenated alkanes) is 2. The van der Waals surface area contributed by atoms with Gasteiger partial charge in [-0.05, 0) is 37.6 Å². The van der Waals surface area contributed by atoms with Gasteiger partial charge in [-0.25, -0.2) is 8.42 Å². The largest absolute Gasteiger partial charge is 0.354 e. The Morgan fingerprint density at radius 1 is 1.27 bits per heavy atom. The number of nitrogens with zero attached hydrogens (tertiary/aromatic N) is 1. The number of amides is 1. The van der Waals surface area contributed by atoms with Gasteiger partial charge in [-0.2, -0.15) is 0 Å². The maximum absolute atomic E-state index is 12.2. The van der Waals surface area contributed by atoms with Crippen molar-refractivity contribution in [2.45, 2.75) is 39.2 Å². The first-order valence-electron chi connectivity index (χ1n) is 7.30. The van der Waals surface area contributed by atoms with Crippen molar-refractivity contribution in [3.63, 3.8) is 0 Å². The third-order valence-corrected chi connectivity index (χ3v) is 4.74. The van der Waals surface area contributed by atoms with Gasteiger partial charge in [0.1, 0.15) is 6.04 Å². The third-order valence-electron chi connectivity index (χ3n) is 3.25. The molecular weight excluding hydrogens is 324 g/mol. The zero-order chi connectivity index (χ0) is 16.8. The van der Waals surface area contributed by atoms with E-state index in [1.165, 1.54) is 0 Å². The van der Waals surface area contributed by atoms with Crippen molar-refractivity contribution in [2.24, 2.45) is 0 Å². The van der Waals surface area contributed by atoms with Crippen LogP contribution >= 0.6 is 11.6 Å². The minimum atomic E-state index is -3.58. The highest BCUT2D eigenvalue weighted by molar-refractivity contribution is 7.92. The van der Waals surface area contributed by atoms with E-state index >= 15 is 0 Å². The number of carbonyl (C=O) groups is 1.